The number of aliphatic hydroxyl groups excluding tert-OH is 1. The molecule has 0 radical (unpaired) electrons. The molecule has 0 aromatic heterocycles. The molecule has 4 heteroatoms. The first-order chi connectivity index (χ1) is 9.97. The Bertz CT molecular complexity index is 499. The fourth-order valence-corrected chi connectivity index (χ4v) is 2.53. The first kappa shape index (κ1) is 15.8. The third-order valence-corrected chi connectivity index (χ3v) is 3.86. The number of benzene rings is 1. The summed E-state index contributed by atoms with van der Waals surface area (Å²) in [6, 6.07) is 5.65. The predicted octanol–water partition coefficient (Wildman–Crippen LogP) is 2.60. The number of rotatable bonds is 6. The summed E-state index contributed by atoms with van der Waals surface area (Å²) in [4.78, 5) is 11.9. The van der Waals surface area contributed by atoms with Crippen LogP contribution < -0.4 is 10.1 Å². The lowest BCUT2D eigenvalue weighted by Gasteiger charge is -2.16. The highest BCUT2D eigenvalue weighted by Gasteiger charge is 2.21. The molecule has 0 aliphatic heterocycles. The Hall–Kier alpha value is -1.55. The molecule has 0 saturated heterocycles. The lowest BCUT2D eigenvalue weighted by Crippen LogP contribution is -2.37. The van der Waals surface area contributed by atoms with E-state index in [0.29, 0.717) is 18.2 Å². The molecule has 0 spiro atoms. The number of carbonyl (C=O) groups is 1. The van der Waals surface area contributed by atoms with E-state index in [4.69, 9.17) is 4.74 Å². The molecular formula is C17H25NO3. The molecule has 1 unspecified atom stereocenters. The molecule has 4 nitrogen and oxygen atoms in total. The van der Waals surface area contributed by atoms with E-state index in [0.717, 1.165) is 30.4 Å². The Balaban J connectivity index is 1.88. The van der Waals surface area contributed by atoms with E-state index < -0.39 is 6.10 Å². The standard InChI is InChI=1S/C17H25NO3/c1-11(2)8-9-18-17(20)12(3)21-14-5-6-15-13(10-14)4-7-16(15)19/h5-6,10-12,16,19H,4,7-9H2,1-3H3,(H,18,20)/t12?,16-/m0/s1. The number of hydrogen-bond acceptors (Lipinski definition) is 3. The van der Waals surface area contributed by atoms with Gasteiger partial charge in [0.05, 0.1) is 6.10 Å². The molecule has 1 aliphatic carbocycles. The maximum absolute atomic E-state index is 11.9. The number of hydrogen-bond donors (Lipinski definition) is 2. The average Bonchev–Trinajstić information content (AvgIpc) is 2.79. The minimum atomic E-state index is -0.512. The first-order valence-corrected chi connectivity index (χ1v) is 7.72. The monoisotopic (exact) mass is 291 g/mol. The molecule has 1 aromatic carbocycles. The van der Waals surface area contributed by atoms with Crippen LogP contribution in [0.25, 0.3) is 0 Å². The Kier molecular flexibility index (Phi) is 5.23. The van der Waals surface area contributed by atoms with Crippen molar-refractivity contribution in [2.24, 2.45) is 5.92 Å². The predicted molar refractivity (Wildman–Crippen MR) is 82.3 cm³/mol. The molecule has 2 atom stereocenters. The molecule has 0 saturated carbocycles. The zero-order chi connectivity index (χ0) is 15.4. The SMILES string of the molecule is CC(C)CCNC(=O)C(C)Oc1ccc2c(c1)CC[C@@H]2O. The van der Waals surface area contributed by atoms with Crippen LogP contribution in [-0.4, -0.2) is 23.7 Å². The Morgan fingerprint density at radius 2 is 2.19 bits per heavy atom. The van der Waals surface area contributed by atoms with Crippen molar-refractivity contribution >= 4 is 5.91 Å². The van der Waals surface area contributed by atoms with Crippen molar-refractivity contribution in [1.29, 1.82) is 0 Å². The van der Waals surface area contributed by atoms with E-state index in [9.17, 15) is 9.90 Å². The second-order valence-electron chi connectivity index (χ2n) is 6.15. The van der Waals surface area contributed by atoms with Gasteiger partial charge in [0.25, 0.3) is 5.91 Å². The highest BCUT2D eigenvalue weighted by atomic mass is 16.5. The third-order valence-electron chi connectivity index (χ3n) is 3.86. The number of carbonyl (C=O) groups excluding carboxylic acids is 1. The van der Waals surface area contributed by atoms with Crippen molar-refractivity contribution in [3.63, 3.8) is 0 Å². The fourth-order valence-electron chi connectivity index (χ4n) is 2.53. The zero-order valence-corrected chi connectivity index (χ0v) is 13.1. The Morgan fingerprint density at radius 1 is 1.43 bits per heavy atom. The van der Waals surface area contributed by atoms with Gasteiger partial charge in [0.2, 0.25) is 0 Å². The van der Waals surface area contributed by atoms with Crippen LogP contribution in [0.1, 0.15) is 50.8 Å². The van der Waals surface area contributed by atoms with E-state index in [1.807, 2.05) is 18.2 Å². The van der Waals surface area contributed by atoms with E-state index in [2.05, 4.69) is 19.2 Å². The van der Waals surface area contributed by atoms with Crippen molar-refractivity contribution < 1.29 is 14.6 Å². The Morgan fingerprint density at radius 3 is 2.90 bits per heavy atom. The summed E-state index contributed by atoms with van der Waals surface area (Å²) in [5, 5.41) is 12.7. The highest BCUT2D eigenvalue weighted by Crippen LogP contribution is 2.33. The van der Waals surface area contributed by atoms with Crippen LogP contribution in [0.15, 0.2) is 18.2 Å². The molecule has 2 rings (SSSR count). The summed E-state index contributed by atoms with van der Waals surface area (Å²) in [6.07, 6.45) is 1.73. The van der Waals surface area contributed by atoms with Crippen molar-refractivity contribution in [1.82, 2.24) is 5.32 Å². The molecule has 116 valence electrons. The van der Waals surface area contributed by atoms with Crippen LogP contribution in [0.5, 0.6) is 5.75 Å². The maximum atomic E-state index is 11.9. The number of fused-ring (bicyclic) bond motifs is 1. The van der Waals surface area contributed by atoms with Gasteiger partial charge < -0.3 is 15.2 Å². The molecular weight excluding hydrogens is 266 g/mol. The van der Waals surface area contributed by atoms with Crippen molar-refractivity contribution in [3.05, 3.63) is 29.3 Å². The van der Waals surface area contributed by atoms with Gasteiger partial charge in [0, 0.05) is 6.54 Å². The van der Waals surface area contributed by atoms with Crippen LogP contribution in [-0.2, 0) is 11.2 Å². The van der Waals surface area contributed by atoms with Gasteiger partial charge in [-0.3, -0.25) is 4.79 Å². The zero-order valence-electron chi connectivity index (χ0n) is 13.1. The first-order valence-electron chi connectivity index (χ1n) is 7.72. The molecule has 0 bridgehead atoms. The highest BCUT2D eigenvalue weighted by molar-refractivity contribution is 5.80. The van der Waals surface area contributed by atoms with Crippen LogP contribution in [0, 0.1) is 5.92 Å². The van der Waals surface area contributed by atoms with Gasteiger partial charge in [-0.15, -0.1) is 0 Å². The smallest absolute Gasteiger partial charge is 0.260 e. The van der Waals surface area contributed by atoms with Crippen LogP contribution in [0.4, 0.5) is 0 Å². The van der Waals surface area contributed by atoms with Gasteiger partial charge >= 0.3 is 0 Å². The molecule has 0 fully saturated rings. The van der Waals surface area contributed by atoms with Crippen LogP contribution >= 0.6 is 0 Å². The summed E-state index contributed by atoms with van der Waals surface area (Å²) < 4.78 is 5.70. The topological polar surface area (TPSA) is 58.6 Å². The summed E-state index contributed by atoms with van der Waals surface area (Å²) >= 11 is 0. The van der Waals surface area contributed by atoms with E-state index in [-0.39, 0.29) is 12.0 Å². The van der Waals surface area contributed by atoms with E-state index in [1.54, 1.807) is 6.92 Å². The number of aliphatic hydroxyl groups is 1. The maximum Gasteiger partial charge on any atom is 0.260 e. The number of ether oxygens (including phenoxy) is 1. The number of nitrogens with one attached hydrogen (secondary N) is 1. The van der Waals surface area contributed by atoms with Gasteiger partial charge in [-0.2, -0.15) is 0 Å². The van der Waals surface area contributed by atoms with E-state index in [1.165, 1.54) is 0 Å². The fraction of sp³-hybridized carbons (Fsp3) is 0.588. The van der Waals surface area contributed by atoms with Crippen LogP contribution in [0.3, 0.4) is 0 Å². The molecule has 21 heavy (non-hydrogen) atoms. The average molecular weight is 291 g/mol. The van der Waals surface area contributed by atoms with Gasteiger partial charge in [-0.05, 0) is 55.4 Å². The summed E-state index contributed by atoms with van der Waals surface area (Å²) in [7, 11) is 0. The van der Waals surface area contributed by atoms with Gasteiger partial charge in [-0.25, -0.2) is 0 Å². The number of aryl methyl sites for hydroxylation is 1. The molecule has 1 amide bonds. The molecule has 2 N–H and O–H groups in total. The lowest BCUT2D eigenvalue weighted by molar-refractivity contribution is -0.127. The van der Waals surface area contributed by atoms with Crippen molar-refractivity contribution in [2.45, 2.75) is 52.2 Å². The summed E-state index contributed by atoms with van der Waals surface area (Å²) in [5.74, 6) is 1.18. The second-order valence-corrected chi connectivity index (χ2v) is 6.15. The third kappa shape index (κ3) is 4.21. The minimum absolute atomic E-state index is 0.0869. The summed E-state index contributed by atoms with van der Waals surface area (Å²) in [6.45, 7) is 6.70. The van der Waals surface area contributed by atoms with Gasteiger partial charge in [0.15, 0.2) is 6.10 Å². The molecule has 0 heterocycles. The van der Waals surface area contributed by atoms with E-state index >= 15 is 0 Å². The van der Waals surface area contributed by atoms with Crippen LogP contribution in [0.2, 0.25) is 0 Å². The largest absolute Gasteiger partial charge is 0.481 e. The summed E-state index contributed by atoms with van der Waals surface area (Å²) in [5.41, 5.74) is 2.10. The second kappa shape index (κ2) is 6.94. The van der Waals surface area contributed by atoms with Crippen molar-refractivity contribution in [3.8, 4) is 5.75 Å². The molecule has 1 aliphatic rings. The molecule has 1 aromatic rings. The number of amides is 1. The van der Waals surface area contributed by atoms with Gasteiger partial charge in [-0.1, -0.05) is 19.9 Å². The normalized spacial score (nSPS) is 18.4. The Labute approximate surface area is 126 Å². The van der Waals surface area contributed by atoms with Gasteiger partial charge in [0.1, 0.15) is 5.75 Å². The minimum Gasteiger partial charge on any atom is -0.481 e. The quantitative estimate of drug-likeness (QED) is 0.847. The lowest BCUT2D eigenvalue weighted by atomic mass is 10.1. The van der Waals surface area contributed by atoms with Crippen molar-refractivity contribution in [2.75, 3.05) is 6.54 Å².